The Morgan fingerprint density at radius 1 is 0.613 bits per heavy atom. The van der Waals surface area contributed by atoms with Crippen molar-refractivity contribution >= 4 is 29.3 Å². The van der Waals surface area contributed by atoms with Crippen LogP contribution < -0.4 is 20.7 Å². The molecule has 1 nitrogen and oxygen atoms in total. The zero-order chi connectivity index (χ0) is 21.4. The van der Waals surface area contributed by atoms with E-state index in [0.29, 0.717) is 6.61 Å². The summed E-state index contributed by atoms with van der Waals surface area (Å²) in [5.74, 6) is 3.27. The first-order valence-corrected chi connectivity index (χ1v) is 12.3. The fraction of sp³-hybridized carbons (Fsp3) is 0.0345. The van der Waals surface area contributed by atoms with Crippen LogP contribution in [0.5, 0.6) is 5.75 Å². The van der Waals surface area contributed by atoms with E-state index < -0.39 is 7.26 Å². The minimum absolute atomic E-state index is 0.487. The molecule has 0 saturated heterocycles. The fourth-order valence-corrected chi connectivity index (χ4v) is 7.51. The van der Waals surface area contributed by atoms with Crippen LogP contribution in [0.1, 0.15) is 5.56 Å². The van der Waals surface area contributed by atoms with Gasteiger partial charge < -0.3 is 4.74 Å². The molecule has 0 amide bonds. The molecule has 0 spiro atoms. The minimum Gasteiger partial charge on any atom is -0.489 e. The average molecular weight is 422 g/mol. The Balaban J connectivity index is 1.93. The lowest BCUT2D eigenvalue weighted by atomic mass is 10.2. The van der Waals surface area contributed by atoms with Gasteiger partial charge in [0, 0.05) is 5.56 Å². The van der Waals surface area contributed by atoms with Gasteiger partial charge in [0.15, 0.2) is 0 Å². The highest BCUT2D eigenvalue weighted by molar-refractivity contribution is 7.98. The van der Waals surface area contributed by atoms with Gasteiger partial charge in [-0.1, -0.05) is 85.5 Å². The average Bonchev–Trinajstić information content (AvgIpc) is 2.86. The molecule has 152 valence electrons. The first-order valence-electron chi connectivity index (χ1n) is 10.4. The van der Waals surface area contributed by atoms with Crippen molar-refractivity contribution in [3.8, 4) is 5.75 Å². The van der Waals surface area contributed by atoms with Crippen LogP contribution >= 0.6 is 7.26 Å². The molecule has 0 N–H and O–H groups in total. The summed E-state index contributed by atoms with van der Waals surface area (Å²) in [5.41, 5.74) is 1.07. The molecule has 0 saturated carbocycles. The first-order chi connectivity index (χ1) is 15.3. The lowest BCUT2D eigenvalue weighted by molar-refractivity contribution is 0.362. The van der Waals surface area contributed by atoms with Crippen LogP contribution in [0.4, 0.5) is 0 Å². The lowest BCUT2D eigenvalue weighted by Gasteiger charge is -2.24. The molecule has 0 aliphatic heterocycles. The highest BCUT2D eigenvalue weighted by atomic mass is 31.2. The molecule has 0 unspecified atom stereocenters. The molecule has 4 rings (SSSR count). The van der Waals surface area contributed by atoms with Crippen molar-refractivity contribution in [3.05, 3.63) is 139 Å². The molecule has 31 heavy (non-hydrogen) atoms. The standard InChI is InChI=1S/C29H26OP/c1-2-23-30-29-21-13-12-14-25(29)22-24-31(26-15-6-3-7-16-26,27-17-8-4-9-18-27)28-19-10-5-11-20-28/h2-22,24H,1,23H2/q+1/b24-22+. The SMILES string of the molecule is C=CCOc1ccccc1/C=C/[P+](c1ccccc1)(c1ccccc1)c1ccccc1. The monoisotopic (exact) mass is 421 g/mol. The smallest absolute Gasteiger partial charge is 0.136 e. The Hall–Kier alpha value is -3.41. The van der Waals surface area contributed by atoms with Crippen LogP contribution in [0.3, 0.4) is 0 Å². The number of benzene rings is 4. The third kappa shape index (κ3) is 4.53. The molecule has 4 aromatic carbocycles. The van der Waals surface area contributed by atoms with Gasteiger partial charge in [-0.3, -0.25) is 0 Å². The zero-order valence-corrected chi connectivity index (χ0v) is 18.4. The molecule has 0 bridgehead atoms. The van der Waals surface area contributed by atoms with Crippen molar-refractivity contribution in [1.82, 2.24) is 0 Å². The van der Waals surface area contributed by atoms with E-state index in [1.165, 1.54) is 15.9 Å². The maximum absolute atomic E-state index is 5.91. The summed E-state index contributed by atoms with van der Waals surface area (Å²) >= 11 is 0. The first kappa shape index (κ1) is 20.8. The third-order valence-corrected chi connectivity index (χ3v) is 9.18. The molecule has 0 aromatic heterocycles. The summed E-state index contributed by atoms with van der Waals surface area (Å²) in [5, 5.41) is 3.98. The van der Waals surface area contributed by atoms with Crippen LogP contribution in [0.15, 0.2) is 134 Å². The van der Waals surface area contributed by atoms with Crippen molar-refractivity contribution < 1.29 is 4.74 Å². The van der Waals surface area contributed by atoms with Crippen LogP contribution in [0.2, 0.25) is 0 Å². The number of hydrogen-bond donors (Lipinski definition) is 0. The number of hydrogen-bond acceptors (Lipinski definition) is 1. The molecule has 0 aliphatic rings. The van der Waals surface area contributed by atoms with Gasteiger partial charge in [0.1, 0.15) is 35.5 Å². The maximum atomic E-state index is 5.91. The summed E-state index contributed by atoms with van der Waals surface area (Å²) in [4.78, 5) is 0. The van der Waals surface area contributed by atoms with Crippen LogP contribution in [-0.4, -0.2) is 6.61 Å². The summed E-state index contributed by atoms with van der Waals surface area (Å²) in [6, 6.07) is 40.7. The summed E-state index contributed by atoms with van der Waals surface area (Å²) in [6.07, 6.45) is 3.99. The Bertz CT molecular complexity index is 1040. The second-order valence-corrected chi connectivity index (χ2v) is 10.5. The molecular formula is C29H26OP+. The molecular weight excluding hydrogens is 395 g/mol. The number of rotatable bonds is 8. The molecule has 0 atom stereocenters. The van der Waals surface area contributed by atoms with E-state index in [9.17, 15) is 0 Å². The van der Waals surface area contributed by atoms with Crippen molar-refractivity contribution in [2.24, 2.45) is 0 Å². The van der Waals surface area contributed by atoms with Gasteiger partial charge in [-0.25, -0.2) is 0 Å². The summed E-state index contributed by atoms with van der Waals surface area (Å²) in [6.45, 7) is 4.26. The van der Waals surface area contributed by atoms with Crippen LogP contribution in [0.25, 0.3) is 6.08 Å². The van der Waals surface area contributed by atoms with Crippen molar-refractivity contribution in [1.29, 1.82) is 0 Å². The quantitative estimate of drug-likeness (QED) is 0.243. The topological polar surface area (TPSA) is 9.23 Å². The zero-order valence-electron chi connectivity index (χ0n) is 17.5. The van der Waals surface area contributed by atoms with E-state index in [4.69, 9.17) is 4.74 Å². The molecule has 0 fully saturated rings. The molecule has 0 radical (unpaired) electrons. The Morgan fingerprint density at radius 2 is 1.06 bits per heavy atom. The molecule has 0 heterocycles. The van der Waals surface area contributed by atoms with Crippen molar-refractivity contribution in [2.45, 2.75) is 0 Å². The normalized spacial score (nSPS) is 11.4. The van der Waals surface area contributed by atoms with Crippen molar-refractivity contribution in [3.63, 3.8) is 0 Å². The van der Waals surface area contributed by atoms with Crippen LogP contribution in [-0.2, 0) is 0 Å². The predicted molar refractivity (Wildman–Crippen MR) is 136 cm³/mol. The molecule has 0 aliphatic carbocycles. The van der Waals surface area contributed by atoms with E-state index in [0.717, 1.165) is 11.3 Å². The summed E-state index contributed by atoms with van der Waals surface area (Å²) in [7, 11) is -2.02. The fourth-order valence-electron chi connectivity index (χ4n) is 3.79. The van der Waals surface area contributed by atoms with E-state index in [1.54, 1.807) is 6.08 Å². The largest absolute Gasteiger partial charge is 0.489 e. The molecule has 2 heteroatoms. The van der Waals surface area contributed by atoms with E-state index in [1.807, 2.05) is 18.2 Å². The van der Waals surface area contributed by atoms with Gasteiger partial charge >= 0.3 is 0 Å². The second-order valence-electron chi connectivity index (χ2n) is 7.18. The Kier molecular flexibility index (Phi) is 6.77. The number of ether oxygens (including phenoxy) is 1. The Morgan fingerprint density at radius 3 is 1.55 bits per heavy atom. The predicted octanol–water partition coefficient (Wildman–Crippen LogP) is 6.22. The third-order valence-electron chi connectivity index (χ3n) is 5.24. The van der Waals surface area contributed by atoms with Gasteiger partial charge in [0.25, 0.3) is 0 Å². The number of para-hydroxylation sites is 1. The van der Waals surface area contributed by atoms with Gasteiger partial charge in [-0.15, -0.1) is 0 Å². The van der Waals surface area contributed by atoms with Gasteiger partial charge in [0.05, 0.1) is 5.82 Å². The van der Waals surface area contributed by atoms with Crippen molar-refractivity contribution in [2.75, 3.05) is 6.61 Å². The minimum atomic E-state index is -2.02. The van der Waals surface area contributed by atoms with Gasteiger partial charge in [-0.05, 0) is 48.5 Å². The van der Waals surface area contributed by atoms with Gasteiger partial charge in [-0.2, -0.15) is 0 Å². The van der Waals surface area contributed by atoms with Crippen LogP contribution in [0, 0.1) is 0 Å². The van der Waals surface area contributed by atoms with E-state index in [-0.39, 0.29) is 0 Å². The Labute approximate surface area is 185 Å². The lowest BCUT2D eigenvalue weighted by Crippen LogP contribution is -2.29. The van der Waals surface area contributed by atoms with E-state index in [2.05, 4.69) is 116 Å². The summed E-state index contributed by atoms with van der Waals surface area (Å²) < 4.78 is 5.91. The molecule has 4 aromatic rings. The van der Waals surface area contributed by atoms with E-state index >= 15 is 0 Å². The second kappa shape index (κ2) is 10.1. The maximum Gasteiger partial charge on any atom is 0.136 e. The highest BCUT2D eigenvalue weighted by Crippen LogP contribution is 2.57. The highest BCUT2D eigenvalue weighted by Gasteiger charge is 2.43. The van der Waals surface area contributed by atoms with Gasteiger partial charge in [0.2, 0.25) is 0 Å².